The molecule has 0 aromatic carbocycles. The van der Waals surface area contributed by atoms with E-state index in [1.165, 1.54) is 16.9 Å². The molecule has 0 aliphatic rings. The number of amides is 2. The fourth-order valence-corrected chi connectivity index (χ4v) is 1.09. The number of rotatable bonds is 4. The molecule has 1 atom stereocenters. The van der Waals surface area contributed by atoms with Crippen molar-refractivity contribution < 1.29 is 14.3 Å². The SMILES string of the molecule is CC[C@H](C)N(CC(=O)OC)C(=O)N(C)C. The Morgan fingerprint density at radius 2 is 1.87 bits per heavy atom. The van der Waals surface area contributed by atoms with Crippen LogP contribution in [0, 0.1) is 0 Å². The first-order valence-corrected chi connectivity index (χ1v) is 4.98. The maximum Gasteiger partial charge on any atom is 0.325 e. The molecule has 0 saturated carbocycles. The summed E-state index contributed by atoms with van der Waals surface area (Å²) in [6.45, 7) is 3.88. The number of hydrogen-bond donors (Lipinski definition) is 0. The Kier molecular flexibility index (Phi) is 5.74. The minimum atomic E-state index is -0.398. The molecule has 0 rings (SSSR count). The fraction of sp³-hybridized carbons (Fsp3) is 0.800. The molecule has 0 aliphatic heterocycles. The van der Waals surface area contributed by atoms with Gasteiger partial charge in [0.1, 0.15) is 6.54 Å². The van der Waals surface area contributed by atoms with Gasteiger partial charge in [-0.15, -0.1) is 0 Å². The summed E-state index contributed by atoms with van der Waals surface area (Å²) in [6, 6.07) is -0.145. The number of carbonyl (C=O) groups is 2. The van der Waals surface area contributed by atoms with E-state index < -0.39 is 5.97 Å². The van der Waals surface area contributed by atoms with E-state index in [4.69, 9.17) is 0 Å². The molecule has 0 bridgehead atoms. The van der Waals surface area contributed by atoms with Crippen LogP contribution in [0.4, 0.5) is 4.79 Å². The highest BCUT2D eigenvalue weighted by atomic mass is 16.5. The molecule has 15 heavy (non-hydrogen) atoms. The summed E-state index contributed by atoms with van der Waals surface area (Å²) in [5.41, 5.74) is 0. The van der Waals surface area contributed by atoms with Crippen LogP contribution in [0.5, 0.6) is 0 Å². The Morgan fingerprint density at radius 3 is 2.20 bits per heavy atom. The van der Waals surface area contributed by atoms with Crippen molar-refractivity contribution in [1.82, 2.24) is 9.80 Å². The van der Waals surface area contributed by atoms with Gasteiger partial charge >= 0.3 is 12.0 Å². The minimum absolute atomic E-state index is 0.00250. The molecule has 0 aromatic rings. The molecule has 0 N–H and O–H groups in total. The average molecular weight is 216 g/mol. The molecule has 88 valence electrons. The lowest BCUT2D eigenvalue weighted by molar-refractivity contribution is -0.141. The van der Waals surface area contributed by atoms with E-state index in [0.29, 0.717) is 0 Å². The first-order chi connectivity index (χ1) is 6.93. The second-order valence-corrected chi connectivity index (χ2v) is 3.64. The Hall–Kier alpha value is -1.26. The van der Waals surface area contributed by atoms with Crippen LogP contribution in [0.2, 0.25) is 0 Å². The van der Waals surface area contributed by atoms with Crippen molar-refractivity contribution in [3.8, 4) is 0 Å². The molecule has 0 aromatic heterocycles. The second-order valence-electron chi connectivity index (χ2n) is 3.64. The highest BCUT2D eigenvalue weighted by Crippen LogP contribution is 2.06. The summed E-state index contributed by atoms with van der Waals surface area (Å²) >= 11 is 0. The topological polar surface area (TPSA) is 49.9 Å². The summed E-state index contributed by atoms with van der Waals surface area (Å²) in [6.07, 6.45) is 0.802. The summed E-state index contributed by atoms with van der Waals surface area (Å²) in [5, 5.41) is 0. The van der Waals surface area contributed by atoms with Gasteiger partial charge in [-0.25, -0.2) is 4.79 Å². The third kappa shape index (κ3) is 4.18. The van der Waals surface area contributed by atoms with E-state index in [-0.39, 0.29) is 18.6 Å². The van der Waals surface area contributed by atoms with E-state index in [0.717, 1.165) is 6.42 Å². The van der Waals surface area contributed by atoms with Crippen molar-refractivity contribution in [2.45, 2.75) is 26.3 Å². The summed E-state index contributed by atoms with van der Waals surface area (Å²) < 4.78 is 4.55. The van der Waals surface area contributed by atoms with E-state index in [1.54, 1.807) is 14.1 Å². The number of nitrogens with zero attached hydrogens (tertiary/aromatic N) is 2. The molecule has 0 spiro atoms. The van der Waals surface area contributed by atoms with Crippen LogP contribution in [0.1, 0.15) is 20.3 Å². The van der Waals surface area contributed by atoms with Gasteiger partial charge in [-0.1, -0.05) is 6.92 Å². The Labute approximate surface area is 91.0 Å². The van der Waals surface area contributed by atoms with Crippen molar-refractivity contribution in [3.05, 3.63) is 0 Å². The molecule has 5 heteroatoms. The van der Waals surface area contributed by atoms with Crippen molar-refractivity contribution in [1.29, 1.82) is 0 Å². The third-order valence-electron chi connectivity index (χ3n) is 2.28. The predicted octanol–water partition coefficient (Wildman–Crippen LogP) is 0.942. The molecule has 0 heterocycles. The summed E-state index contributed by atoms with van der Waals surface area (Å²) in [7, 11) is 4.64. The van der Waals surface area contributed by atoms with Gasteiger partial charge < -0.3 is 14.5 Å². The van der Waals surface area contributed by atoms with Gasteiger partial charge in [-0.2, -0.15) is 0 Å². The highest BCUT2D eigenvalue weighted by molar-refractivity contribution is 5.80. The van der Waals surface area contributed by atoms with Gasteiger partial charge in [-0.3, -0.25) is 4.79 Å². The molecule has 0 saturated heterocycles. The zero-order chi connectivity index (χ0) is 12.0. The number of ether oxygens (including phenoxy) is 1. The smallest absolute Gasteiger partial charge is 0.325 e. The quantitative estimate of drug-likeness (QED) is 0.657. The largest absolute Gasteiger partial charge is 0.468 e. The van der Waals surface area contributed by atoms with Gasteiger partial charge in [0.15, 0.2) is 0 Å². The van der Waals surface area contributed by atoms with Gasteiger partial charge in [0.05, 0.1) is 7.11 Å². The number of hydrogen-bond acceptors (Lipinski definition) is 3. The van der Waals surface area contributed by atoms with E-state index in [2.05, 4.69) is 4.74 Å². The molecule has 0 aliphatic carbocycles. The van der Waals surface area contributed by atoms with Crippen LogP contribution in [0.25, 0.3) is 0 Å². The van der Waals surface area contributed by atoms with Gasteiger partial charge in [0, 0.05) is 20.1 Å². The zero-order valence-corrected chi connectivity index (χ0v) is 10.1. The van der Waals surface area contributed by atoms with Crippen molar-refractivity contribution in [2.24, 2.45) is 0 Å². The van der Waals surface area contributed by atoms with Gasteiger partial charge in [0.25, 0.3) is 0 Å². The standard InChI is InChI=1S/C10H20N2O3/c1-6-8(2)12(7-9(13)15-5)10(14)11(3)4/h8H,6-7H2,1-5H3/t8-/m0/s1. The number of carbonyl (C=O) groups excluding carboxylic acids is 2. The van der Waals surface area contributed by atoms with Crippen LogP contribution < -0.4 is 0 Å². The number of methoxy groups -OCH3 is 1. The third-order valence-corrected chi connectivity index (χ3v) is 2.28. The van der Waals surface area contributed by atoms with Crippen LogP contribution in [0.15, 0.2) is 0 Å². The van der Waals surface area contributed by atoms with E-state index >= 15 is 0 Å². The normalized spacial score (nSPS) is 11.8. The lowest BCUT2D eigenvalue weighted by Crippen LogP contribution is -2.47. The minimum Gasteiger partial charge on any atom is -0.468 e. The summed E-state index contributed by atoms with van der Waals surface area (Å²) in [4.78, 5) is 25.8. The Balaban J connectivity index is 4.58. The molecule has 2 amide bonds. The zero-order valence-electron chi connectivity index (χ0n) is 10.1. The van der Waals surface area contributed by atoms with E-state index in [9.17, 15) is 9.59 Å². The first-order valence-electron chi connectivity index (χ1n) is 4.98. The lowest BCUT2D eigenvalue weighted by atomic mass is 10.2. The second kappa shape index (κ2) is 6.27. The summed E-state index contributed by atoms with van der Waals surface area (Å²) in [5.74, 6) is -0.398. The number of urea groups is 1. The molecular formula is C10H20N2O3. The van der Waals surface area contributed by atoms with Crippen molar-refractivity contribution in [3.63, 3.8) is 0 Å². The van der Waals surface area contributed by atoms with Crippen molar-refractivity contribution in [2.75, 3.05) is 27.7 Å². The maximum atomic E-state index is 11.7. The van der Waals surface area contributed by atoms with Crippen molar-refractivity contribution >= 4 is 12.0 Å². The van der Waals surface area contributed by atoms with Crippen LogP contribution in [0.3, 0.4) is 0 Å². The molecule has 0 unspecified atom stereocenters. The monoisotopic (exact) mass is 216 g/mol. The van der Waals surface area contributed by atoms with E-state index in [1.807, 2.05) is 13.8 Å². The molecule has 0 radical (unpaired) electrons. The van der Waals surface area contributed by atoms with Crippen LogP contribution in [-0.2, 0) is 9.53 Å². The molecular weight excluding hydrogens is 196 g/mol. The number of esters is 1. The average Bonchev–Trinajstić information content (AvgIpc) is 2.23. The van der Waals surface area contributed by atoms with Crippen LogP contribution >= 0.6 is 0 Å². The predicted molar refractivity (Wildman–Crippen MR) is 57.6 cm³/mol. The van der Waals surface area contributed by atoms with Crippen LogP contribution in [-0.4, -0.2) is 55.6 Å². The highest BCUT2D eigenvalue weighted by Gasteiger charge is 2.23. The molecule has 5 nitrogen and oxygen atoms in total. The lowest BCUT2D eigenvalue weighted by Gasteiger charge is -2.30. The van der Waals surface area contributed by atoms with Gasteiger partial charge in [-0.05, 0) is 13.3 Å². The molecule has 0 fully saturated rings. The first kappa shape index (κ1) is 13.7. The maximum absolute atomic E-state index is 11.7. The fourth-order valence-electron chi connectivity index (χ4n) is 1.09. The Morgan fingerprint density at radius 1 is 1.33 bits per heavy atom. The van der Waals surface area contributed by atoms with Gasteiger partial charge in [0.2, 0.25) is 0 Å². The Bertz CT molecular complexity index is 229.